The first-order valence-electron chi connectivity index (χ1n) is 10.2. The second kappa shape index (κ2) is 8.28. The summed E-state index contributed by atoms with van der Waals surface area (Å²) >= 11 is 0. The third-order valence-electron chi connectivity index (χ3n) is 5.40. The van der Waals surface area contributed by atoms with Gasteiger partial charge in [0, 0.05) is 35.4 Å². The van der Waals surface area contributed by atoms with Gasteiger partial charge in [-0.15, -0.1) is 0 Å². The first-order chi connectivity index (χ1) is 16.4. The van der Waals surface area contributed by atoms with Crippen LogP contribution in [0, 0.1) is 11.6 Å². The van der Waals surface area contributed by atoms with E-state index in [1.165, 1.54) is 42.7 Å². The minimum absolute atomic E-state index is 0.161. The second-order valence-corrected chi connectivity index (χ2v) is 7.59. The van der Waals surface area contributed by atoms with Crippen molar-refractivity contribution >= 4 is 34.8 Å². The molecule has 0 bridgehead atoms. The molecule has 4 aromatic rings. The van der Waals surface area contributed by atoms with Crippen LogP contribution in [0.25, 0.3) is 22.8 Å². The fourth-order valence-corrected chi connectivity index (χ4v) is 3.73. The number of anilines is 2. The first-order valence-corrected chi connectivity index (χ1v) is 10.2. The summed E-state index contributed by atoms with van der Waals surface area (Å²) in [6.45, 7) is 0. The van der Waals surface area contributed by atoms with Crippen LogP contribution in [0.3, 0.4) is 0 Å². The van der Waals surface area contributed by atoms with Gasteiger partial charge < -0.3 is 20.6 Å². The minimum atomic E-state index is -0.837. The van der Waals surface area contributed by atoms with Gasteiger partial charge in [0.1, 0.15) is 17.2 Å². The zero-order valence-corrected chi connectivity index (χ0v) is 17.4. The molecule has 7 nitrogen and oxygen atoms in total. The van der Waals surface area contributed by atoms with Crippen LogP contribution in [-0.2, 0) is 4.79 Å². The number of rotatable bonds is 4. The Labute approximate surface area is 191 Å². The number of hydrogen-bond donors (Lipinski definition) is 4. The molecule has 0 radical (unpaired) electrons. The molecule has 34 heavy (non-hydrogen) atoms. The van der Waals surface area contributed by atoms with Gasteiger partial charge in [0.15, 0.2) is 0 Å². The summed E-state index contributed by atoms with van der Waals surface area (Å²) < 4.78 is 28.1. The fourth-order valence-electron chi connectivity index (χ4n) is 3.73. The number of aromatic amines is 2. The highest BCUT2D eigenvalue weighted by Crippen LogP contribution is 2.36. The predicted molar refractivity (Wildman–Crippen MR) is 124 cm³/mol. The largest absolute Gasteiger partial charge is 0.366 e. The van der Waals surface area contributed by atoms with Crippen LogP contribution in [0.15, 0.2) is 71.9 Å². The van der Waals surface area contributed by atoms with Gasteiger partial charge in [-0.25, -0.2) is 8.78 Å². The Morgan fingerprint density at radius 2 is 1.76 bits per heavy atom. The number of carbonyl (C=O) groups excluding carboxylic acids is 2. The summed E-state index contributed by atoms with van der Waals surface area (Å²) in [6.07, 6.45) is 5.90. The van der Waals surface area contributed by atoms with Crippen LogP contribution >= 0.6 is 0 Å². The van der Waals surface area contributed by atoms with Crippen molar-refractivity contribution in [3.63, 3.8) is 0 Å². The van der Waals surface area contributed by atoms with E-state index in [1.807, 2.05) is 0 Å². The molecule has 0 spiro atoms. The van der Waals surface area contributed by atoms with Crippen molar-refractivity contribution in [1.29, 1.82) is 0 Å². The Hall–Kier alpha value is -4.79. The van der Waals surface area contributed by atoms with E-state index in [0.717, 1.165) is 6.07 Å². The van der Waals surface area contributed by atoms with Crippen molar-refractivity contribution in [2.75, 3.05) is 10.6 Å². The van der Waals surface area contributed by atoms with Crippen LogP contribution in [0.2, 0.25) is 0 Å². The fraction of sp³-hybridized carbons (Fsp3) is 0. The van der Waals surface area contributed by atoms with E-state index in [1.54, 1.807) is 24.4 Å². The first kappa shape index (κ1) is 21.1. The lowest BCUT2D eigenvalue weighted by Crippen LogP contribution is -2.23. The Morgan fingerprint density at radius 3 is 2.50 bits per heavy atom. The molecule has 2 aromatic heterocycles. The lowest BCUT2D eigenvalue weighted by Gasteiger charge is -2.09. The second-order valence-electron chi connectivity index (χ2n) is 7.59. The standard InChI is InChI=1S/C25H16F2N4O3/c26-14-5-3-13(4-6-14)18-11-28-12-19(23(18)32)25(34)31-22-10-21-16(9-20(22)27)17(24(33)30-21)8-15-2-1-7-29-15/h1-12,29H,(H,28,32)(H,30,33)(H,31,34)/b17-8-. The molecule has 1 aliphatic heterocycles. The third kappa shape index (κ3) is 3.79. The van der Waals surface area contributed by atoms with E-state index in [0.29, 0.717) is 22.5 Å². The van der Waals surface area contributed by atoms with Crippen LogP contribution < -0.4 is 16.1 Å². The lowest BCUT2D eigenvalue weighted by molar-refractivity contribution is -0.110. The number of pyridine rings is 1. The van der Waals surface area contributed by atoms with Gasteiger partial charge in [0.2, 0.25) is 5.43 Å². The number of H-pyrrole nitrogens is 2. The molecule has 2 amide bonds. The molecule has 0 aliphatic carbocycles. The van der Waals surface area contributed by atoms with Crippen LogP contribution in [-0.4, -0.2) is 21.8 Å². The van der Waals surface area contributed by atoms with Gasteiger partial charge in [-0.3, -0.25) is 14.4 Å². The molecule has 168 valence electrons. The zero-order chi connectivity index (χ0) is 23.8. The van der Waals surface area contributed by atoms with Gasteiger partial charge >= 0.3 is 0 Å². The van der Waals surface area contributed by atoms with Gasteiger partial charge in [0.05, 0.1) is 16.9 Å². The molecule has 3 heterocycles. The Bertz CT molecular complexity index is 1520. The van der Waals surface area contributed by atoms with Gasteiger partial charge in [-0.2, -0.15) is 0 Å². The van der Waals surface area contributed by atoms with Crippen LogP contribution in [0.5, 0.6) is 0 Å². The molecule has 4 N–H and O–H groups in total. The SMILES string of the molecule is O=C1Nc2cc(NC(=O)c3c[nH]cc(-c4ccc(F)cc4)c3=O)c(F)cc2/C1=C/c1ccc[nH]1. The number of nitrogens with one attached hydrogen (secondary N) is 4. The predicted octanol–water partition coefficient (Wildman–Crippen LogP) is 4.39. The molecule has 0 atom stereocenters. The van der Waals surface area contributed by atoms with E-state index < -0.39 is 28.9 Å². The maximum Gasteiger partial charge on any atom is 0.261 e. The van der Waals surface area contributed by atoms with Crippen molar-refractivity contribution in [3.05, 3.63) is 106 Å². The quantitative estimate of drug-likeness (QED) is 0.341. The normalized spacial score (nSPS) is 13.6. The highest BCUT2D eigenvalue weighted by molar-refractivity contribution is 6.35. The minimum Gasteiger partial charge on any atom is -0.366 e. The number of aromatic nitrogens is 2. The summed E-state index contributed by atoms with van der Waals surface area (Å²) in [5, 5.41) is 5.04. The maximum absolute atomic E-state index is 14.9. The van der Waals surface area contributed by atoms with Gasteiger partial charge in [-0.05, 0) is 48.0 Å². The molecule has 0 saturated heterocycles. The zero-order valence-electron chi connectivity index (χ0n) is 17.4. The highest BCUT2D eigenvalue weighted by atomic mass is 19.1. The number of halogens is 2. The summed E-state index contributed by atoms with van der Waals surface area (Å²) in [5.74, 6) is -2.47. The summed E-state index contributed by atoms with van der Waals surface area (Å²) in [4.78, 5) is 43.7. The van der Waals surface area contributed by atoms with Crippen LogP contribution in [0.4, 0.5) is 20.2 Å². The molecule has 2 aromatic carbocycles. The average molecular weight is 458 g/mol. The highest BCUT2D eigenvalue weighted by Gasteiger charge is 2.27. The van der Waals surface area contributed by atoms with Crippen molar-refractivity contribution < 1.29 is 18.4 Å². The average Bonchev–Trinajstić information content (AvgIpc) is 3.43. The molecule has 0 saturated carbocycles. The number of amides is 2. The molecule has 1 aliphatic rings. The summed E-state index contributed by atoms with van der Waals surface area (Å²) in [6, 6.07) is 11.2. The Kier molecular flexibility index (Phi) is 5.14. The Balaban J connectivity index is 1.45. The van der Waals surface area contributed by atoms with E-state index >= 15 is 0 Å². The monoisotopic (exact) mass is 458 g/mol. The summed E-state index contributed by atoms with van der Waals surface area (Å²) in [5.41, 5.74) is 1.16. The maximum atomic E-state index is 14.9. The van der Waals surface area contributed by atoms with E-state index in [2.05, 4.69) is 20.6 Å². The van der Waals surface area contributed by atoms with E-state index in [4.69, 9.17) is 0 Å². The topological polar surface area (TPSA) is 107 Å². The summed E-state index contributed by atoms with van der Waals surface area (Å²) in [7, 11) is 0. The molecule has 5 rings (SSSR count). The van der Waals surface area contributed by atoms with Crippen molar-refractivity contribution in [2.24, 2.45) is 0 Å². The Morgan fingerprint density at radius 1 is 0.971 bits per heavy atom. The van der Waals surface area contributed by atoms with Gasteiger partial charge in [-0.1, -0.05) is 12.1 Å². The third-order valence-corrected chi connectivity index (χ3v) is 5.40. The van der Waals surface area contributed by atoms with Crippen molar-refractivity contribution in [1.82, 2.24) is 9.97 Å². The lowest BCUT2D eigenvalue weighted by atomic mass is 10.0. The van der Waals surface area contributed by atoms with Crippen molar-refractivity contribution in [3.8, 4) is 11.1 Å². The van der Waals surface area contributed by atoms with E-state index in [9.17, 15) is 23.2 Å². The van der Waals surface area contributed by atoms with Crippen molar-refractivity contribution in [2.45, 2.75) is 0 Å². The molecule has 0 fully saturated rings. The van der Waals surface area contributed by atoms with Gasteiger partial charge in [0.25, 0.3) is 11.8 Å². The number of fused-ring (bicyclic) bond motifs is 1. The molecule has 0 unspecified atom stereocenters. The molecule has 9 heteroatoms. The number of benzene rings is 2. The van der Waals surface area contributed by atoms with Crippen LogP contribution in [0.1, 0.15) is 21.6 Å². The molecular weight excluding hydrogens is 442 g/mol. The molecular formula is C25H16F2N4O3. The van der Waals surface area contributed by atoms with E-state index in [-0.39, 0.29) is 22.4 Å². The number of carbonyl (C=O) groups is 2. The smallest absolute Gasteiger partial charge is 0.261 e. The number of hydrogen-bond acceptors (Lipinski definition) is 3.